The average Bonchev–Trinajstić information content (AvgIpc) is 2.52. The Morgan fingerprint density at radius 1 is 1.32 bits per heavy atom. The molecule has 1 N–H and O–H groups in total. The summed E-state index contributed by atoms with van der Waals surface area (Å²) in [5, 5.41) is 13.9. The number of nitro benzene ring substituents is 1. The number of nitrogens with one attached hydrogen (secondary N) is 1. The highest BCUT2D eigenvalue weighted by molar-refractivity contribution is 5.85. The first-order chi connectivity index (χ1) is 10.3. The Kier molecular flexibility index (Phi) is 8.76. The Bertz CT molecular complexity index is 455. The molecule has 1 aromatic carbocycles. The predicted octanol–water partition coefficient (Wildman–Crippen LogP) is 1.32. The van der Waals surface area contributed by atoms with Crippen LogP contribution < -0.4 is 10.1 Å². The second-order valence-corrected chi connectivity index (χ2v) is 4.81. The number of ether oxygens (including phenoxy) is 2. The molecule has 7 nitrogen and oxygen atoms in total. The van der Waals surface area contributed by atoms with Crippen molar-refractivity contribution in [1.29, 1.82) is 0 Å². The molecular weight excluding hydrogens is 310 g/mol. The first-order valence-corrected chi connectivity index (χ1v) is 7.14. The van der Waals surface area contributed by atoms with Crippen molar-refractivity contribution in [3.05, 3.63) is 34.4 Å². The molecule has 0 aliphatic carbocycles. The van der Waals surface area contributed by atoms with E-state index in [9.17, 15) is 10.1 Å². The van der Waals surface area contributed by atoms with Crippen LogP contribution >= 0.6 is 12.4 Å². The van der Waals surface area contributed by atoms with Gasteiger partial charge in [0.2, 0.25) is 0 Å². The lowest BCUT2D eigenvalue weighted by Crippen LogP contribution is -2.40. The van der Waals surface area contributed by atoms with E-state index in [1.807, 2.05) is 0 Å². The van der Waals surface area contributed by atoms with Gasteiger partial charge in [0.25, 0.3) is 5.69 Å². The molecule has 1 fully saturated rings. The van der Waals surface area contributed by atoms with Gasteiger partial charge < -0.3 is 14.8 Å². The van der Waals surface area contributed by atoms with Crippen molar-refractivity contribution in [2.75, 3.05) is 52.5 Å². The minimum atomic E-state index is -0.423. The topological polar surface area (TPSA) is 76.9 Å². The van der Waals surface area contributed by atoms with Crippen LogP contribution in [-0.4, -0.2) is 62.4 Å². The SMILES string of the molecule is Cl.O=[N+]([O-])c1cccc(OCCNCCN2CCOCC2)c1. The monoisotopic (exact) mass is 331 g/mol. The van der Waals surface area contributed by atoms with Gasteiger partial charge in [0, 0.05) is 38.8 Å². The standard InChI is InChI=1S/C14H21N3O4.ClH/c18-17(19)13-2-1-3-14(12-13)21-9-5-15-4-6-16-7-10-20-11-8-16;/h1-3,12,15H,4-11H2;1H. The van der Waals surface area contributed by atoms with Crippen molar-refractivity contribution in [2.45, 2.75) is 0 Å². The molecule has 1 aliphatic rings. The highest BCUT2D eigenvalue weighted by atomic mass is 35.5. The van der Waals surface area contributed by atoms with E-state index >= 15 is 0 Å². The summed E-state index contributed by atoms with van der Waals surface area (Å²) in [6.45, 7) is 6.72. The third-order valence-electron chi connectivity index (χ3n) is 3.28. The quantitative estimate of drug-likeness (QED) is 0.440. The van der Waals surface area contributed by atoms with E-state index in [-0.39, 0.29) is 18.1 Å². The maximum atomic E-state index is 10.6. The summed E-state index contributed by atoms with van der Waals surface area (Å²) in [6.07, 6.45) is 0. The Balaban J connectivity index is 0.00000242. The lowest BCUT2D eigenvalue weighted by molar-refractivity contribution is -0.384. The molecule has 0 unspecified atom stereocenters. The molecule has 2 rings (SSSR count). The normalized spacial score (nSPS) is 15.1. The smallest absolute Gasteiger partial charge is 0.273 e. The van der Waals surface area contributed by atoms with Gasteiger partial charge in [-0.3, -0.25) is 15.0 Å². The van der Waals surface area contributed by atoms with Gasteiger partial charge in [0.1, 0.15) is 12.4 Å². The van der Waals surface area contributed by atoms with E-state index in [4.69, 9.17) is 9.47 Å². The fraction of sp³-hybridized carbons (Fsp3) is 0.571. The Morgan fingerprint density at radius 2 is 2.09 bits per heavy atom. The predicted molar refractivity (Wildman–Crippen MR) is 86.0 cm³/mol. The highest BCUT2D eigenvalue weighted by Gasteiger charge is 2.09. The Morgan fingerprint density at radius 3 is 2.82 bits per heavy atom. The average molecular weight is 332 g/mol. The van der Waals surface area contributed by atoms with Gasteiger partial charge in [-0.25, -0.2) is 0 Å². The van der Waals surface area contributed by atoms with E-state index < -0.39 is 4.92 Å². The van der Waals surface area contributed by atoms with Crippen LogP contribution in [0.1, 0.15) is 0 Å². The largest absolute Gasteiger partial charge is 0.492 e. The molecule has 22 heavy (non-hydrogen) atoms. The van der Waals surface area contributed by atoms with Gasteiger partial charge >= 0.3 is 0 Å². The molecule has 1 aliphatic heterocycles. The number of hydrogen-bond donors (Lipinski definition) is 1. The molecule has 124 valence electrons. The van der Waals surface area contributed by atoms with Crippen molar-refractivity contribution < 1.29 is 14.4 Å². The fourth-order valence-corrected chi connectivity index (χ4v) is 2.11. The number of rotatable bonds is 8. The van der Waals surface area contributed by atoms with Gasteiger partial charge in [-0.1, -0.05) is 6.07 Å². The van der Waals surface area contributed by atoms with Crippen molar-refractivity contribution in [3.63, 3.8) is 0 Å². The lowest BCUT2D eigenvalue weighted by Gasteiger charge is -2.26. The number of halogens is 1. The maximum Gasteiger partial charge on any atom is 0.273 e. The molecule has 0 aromatic heterocycles. The van der Waals surface area contributed by atoms with Gasteiger partial charge in [-0.15, -0.1) is 12.4 Å². The lowest BCUT2D eigenvalue weighted by atomic mass is 10.3. The van der Waals surface area contributed by atoms with Gasteiger partial charge in [-0.05, 0) is 6.07 Å². The number of morpholine rings is 1. The summed E-state index contributed by atoms with van der Waals surface area (Å²) in [4.78, 5) is 12.6. The molecule has 8 heteroatoms. The van der Waals surface area contributed by atoms with Gasteiger partial charge in [-0.2, -0.15) is 0 Å². The van der Waals surface area contributed by atoms with Crippen LogP contribution in [0.3, 0.4) is 0 Å². The molecule has 0 saturated carbocycles. The van der Waals surface area contributed by atoms with Crippen LogP contribution in [0.2, 0.25) is 0 Å². The summed E-state index contributed by atoms with van der Waals surface area (Å²) in [5.41, 5.74) is 0.0489. The first-order valence-electron chi connectivity index (χ1n) is 7.14. The second kappa shape index (κ2) is 10.3. The number of nitro groups is 1. The van der Waals surface area contributed by atoms with Crippen molar-refractivity contribution >= 4 is 18.1 Å². The minimum Gasteiger partial charge on any atom is -0.492 e. The molecule has 1 heterocycles. The number of hydrogen-bond acceptors (Lipinski definition) is 6. The van der Waals surface area contributed by atoms with Crippen LogP contribution in [-0.2, 0) is 4.74 Å². The van der Waals surface area contributed by atoms with Gasteiger partial charge in [0.05, 0.1) is 24.2 Å². The van der Waals surface area contributed by atoms with E-state index in [0.29, 0.717) is 18.9 Å². The number of benzene rings is 1. The van der Waals surface area contributed by atoms with Crippen molar-refractivity contribution in [2.24, 2.45) is 0 Å². The van der Waals surface area contributed by atoms with Crippen LogP contribution in [0.5, 0.6) is 5.75 Å². The zero-order valence-corrected chi connectivity index (χ0v) is 13.2. The molecule has 1 aromatic rings. The summed E-state index contributed by atoms with van der Waals surface area (Å²) < 4.78 is 10.8. The molecular formula is C14H22ClN3O4. The number of nitrogens with zero attached hydrogens (tertiary/aromatic N) is 2. The van der Waals surface area contributed by atoms with Crippen molar-refractivity contribution in [1.82, 2.24) is 10.2 Å². The van der Waals surface area contributed by atoms with Crippen LogP contribution in [0.25, 0.3) is 0 Å². The van der Waals surface area contributed by atoms with Crippen LogP contribution in [0.4, 0.5) is 5.69 Å². The second-order valence-electron chi connectivity index (χ2n) is 4.81. The van der Waals surface area contributed by atoms with Crippen LogP contribution in [0.15, 0.2) is 24.3 Å². The number of non-ortho nitro benzene ring substituents is 1. The molecule has 0 bridgehead atoms. The first kappa shape index (κ1) is 18.6. The highest BCUT2D eigenvalue weighted by Crippen LogP contribution is 2.18. The molecule has 1 saturated heterocycles. The Labute approximate surface area is 136 Å². The molecule has 0 amide bonds. The van der Waals surface area contributed by atoms with Gasteiger partial charge in [0.15, 0.2) is 0 Å². The maximum absolute atomic E-state index is 10.6. The molecule has 0 radical (unpaired) electrons. The van der Waals surface area contributed by atoms with E-state index in [1.165, 1.54) is 12.1 Å². The zero-order valence-electron chi connectivity index (χ0n) is 12.4. The summed E-state index contributed by atoms with van der Waals surface area (Å²) in [7, 11) is 0. The molecule has 0 spiro atoms. The zero-order chi connectivity index (χ0) is 14.9. The molecule has 0 atom stereocenters. The third kappa shape index (κ3) is 6.57. The summed E-state index contributed by atoms with van der Waals surface area (Å²) >= 11 is 0. The van der Waals surface area contributed by atoms with E-state index in [2.05, 4.69) is 10.2 Å². The Hall–Kier alpha value is -1.41. The van der Waals surface area contributed by atoms with E-state index in [1.54, 1.807) is 12.1 Å². The van der Waals surface area contributed by atoms with Crippen molar-refractivity contribution in [3.8, 4) is 5.75 Å². The third-order valence-corrected chi connectivity index (χ3v) is 3.28. The summed E-state index contributed by atoms with van der Waals surface area (Å²) in [6, 6.07) is 6.24. The van der Waals surface area contributed by atoms with E-state index in [0.717, 1.165) is 39.4 Å². The minimum absolute atomic E-state index is 0. The van der Waals surface area contributed by atoms with Crippen LogP contribution in [0, 0.1) is 10.1 Å². The fourth-order valence-electron chi connectivity index (χ4n) is 2.11. The summed E-state index contributed by atoms with van der Waals surface area (Å²) in [5.74, 6) is 0.527.